The molecule has 0 unspecified atom stereocenters. The van der Waals surface area contributed by atoms with Gasteiger partial charge in [0.1, 0.15) is 11.0 Å². The maximum absolute atomic E-state index is 13.9. The number of pyridine rings is 1. The van der Waals surface area contributed by atoms with Crippen molar-refractivity contribution in [3.05, 3.63) is 105 Å². The monoisotopic (exact) mass is 620 g/mol. The van der Waals surface area contributed by atoms with Gasteiger partial charge in [0.25, 0.3) is 15.6 Å². The van der Waals surface area contributed by atoms with E-state index in [-0.39, 0.29) is 33.2 Å². The lowest BCUT2D eigenvalue weighted by Crippen LogP contribution is -2.28. The molecule has 0 spiro atoms. The average Bonchev–Trinajstić information content (AvgIpc) is 3.39. The molecule has 4 heterocycles. The van der Waals surface area contributed by atoms with Gasteiger partial charge in [-0.05, 0) is 66.9 Å². The number of aromatic nitrogens is 5. The number of rotatable bonds is 7. The minimum Gasteiger partial charge on any atom is -0.376 e. The number of anilines is 3. The van der Waals surface area contributed by atoms with E-state index in [1.165, 1.54) is 41.2 Å². The Labute approximate surface area is 251 Å². The highest BCUT2D eigenvalue weighted by Gasteiger charge is 2.27. The van der Waals surface area contributed by atoms with Crippen molar-refractivity contribution < 1.29 is 12.8 Å². The second kappa shape index (κ2) is 10.9. The van der Waals surface area contributed by atoms with Crippen LogP contribution in [0.4, 0.5) is 22.0 Å². The lowest BCUT2D eigenvalue weighted by molar-refractivity contribution is 0.597. The Morgan fingerprint density at radius 3 is 2.53 bits per heavy atom. The maximum Gasteiger partial charge on any atom is 0.283 e. The lowest BCUT2D eigenvalue weighted by Gasteiger charge is -2.23. The summed E-state index contributed by atoms with van der Waals surface area (Å²) in [5.41, 5.74) is 3.72. The number of hydrogen-bond acceptors (Lipinski definition) is 9. The first kappa shape index (κ1) is 28.5. The number of benzene rings is 2. The van der Waals surface area contributed by atoms with Crippen LogP contribution in [0.3, 0.4) is 0 Å². The fraction of sp³-hybridized carbons (Fsp3) is 0.207. The lowest BCUT2D eigenvalue weighted by atomic mass is 10.0. The van der Waals surface area contributed by atoms with Gasteiger partial charge in [-0.3, -0.25) is 9.36 Å². The zero-order valence-electron chi connectivity index (χ0n) is 23.3. The molecular weight excluding hydrogens is 595 g/mol. The van der Waals surface area contributed by atoms with Gasteiger partial charge in [-0.2, -0.15) is 8.42 Å². The molecule has 2 aromatic carbocycles. The van der Waals surface area contributed by atoms with E-state index in [2.05, 4.69) is 25.0 Å². The predicted octanol–water partition coefficient (Wildman–Crippen LogP) is 4.71. The van der Waals surface area contributed by atoms with E-state index in [0.29, 0.717) is 35.5 Å². The third-order valence-corrected chi connectivity index (χ3v) is 8.70. The summed E-state index contributed by atoms with van der Waals surface area (Å²) in [6, 6.07) is 12.4. The second-order valence-corrected chi connectivity index (χ2v) is 12.3. The fourth-order valence-electron chi connectivity index (χ4n) is 5.22. The third-order valence-electron chi connectivity index (χ3n) is 7.21. The quantitative estimate of drug-likeness (QED) is 0.248. The molecular formula is C29H26ClFN8O3S. The molecule has 0 amide bonds. The summed E-state index contributed by atoms with van der Waals surface area (Å²) < 4.78 is 44.3. The smallest absolute Gasteiger partial charge is 0.283 e. The molecule has 0 aliphatic carbocycles. The van der Waals surface area contributed by atoms with Gasteiger partial charge in [0.15, 0.2) is 0 Å². The first-order chi connectivity index (χ1) is 20.5. The van der Waals surface area contributed by atoms with Crippen LogP contribution in [0.1, 0.15) is 35.2 Å². The zero-order valence-corrected chi connectivity index (χ0v) is 24.9. The van der Waals surface area contributed by atoms with Gasteiger partial charge < -0.3 is 10.2 Å². The fourth-order valence-corrected chi connectivity index (χ4v) is 6.50. The first-order valence-electron chi connectivity index (χ1n) is 13.3. The van der Waals surface area contributed by atoms with Crippen LogP contribution in [0.25, 0.3) is 10.9 Å². The molecule has 1 atom stereocenters. The van der Waals surface area contributed by atoms with Crippen molar-refractivity contribution in [2.24, 2.45) is 7.05 Å². The van der Waals surface area contributed by atoms with Gasteiger partial charge in [0.05, 0.1) is 22.6 Å². The van der Waals surface area contributed by atoms with E-state index in [4.69, 9.17) is 16.6 Å². The molecule has 6 rings (SSSR count). The molecule has 43 heavy (non-hydrogen) atoms. The Morgan fingerprint density at radius 1 is 1.02 bits per heavy atom. The summed E-state index contributed by atoms with van der Waals surface area (Å²) in [7, 11) is -2.58. The molecule has 0 saturated heterocycles. The number of halogens is 2. The Hall–Kier alpha value is -4.62. The minimum absolute atomic E-state index is 0.0186. The number of nitrogens with one attached hydrogen (secondary N) is 2. The zero-order chi connectivity index (χ0) is 30.5. The Balaban J connectivity index is 1.40. The number of hydrogen-bond donors (Lipinski definition) is 2. The van der Waals surface area contributed by atoms with E-state index in [1.807, 2.05) is 24.8 Å². The Bertz CT molecular complexity index is 2060. The number of aryl methyl sites for hydroxylation is 1. The SMILES string of the molecule is Cc1cc([C@@H](C)Nc2ccc(Cl)nc2S(=O)(=O)Nc2ncccn2)c2nc(N3Cc4ccc(F)cc4C3)n(C)c(=O)c2c1. The molecule has 1 aliphatic rings. The topological polar surface area (TPSA) is 135 Å². The second-order valence-electron chi connectivity index (χ2n) is 10.3. The predicted molar refractivity (Wildman–Crippen MR) is 162 cm³/mol. The van der Waals surface area contributed by atoms with E-state index >= 15 is 0 Å². The highest BCUT2D eigenvalue weighted by molar-refractivity contribution is 7.92. The van der Waals surface area contributed by atoms with Gasteiger partial charge in [-0.1, -0.05) is 23.7 Å². The third kappa shape index (κ3) is 5.48. The Kier molecular flexibility index (Phi) is 7.22. The summed E-state index contributed by atoms with van der Waals surface area (Å²) >= 11 is 6.10. The molecule has 14 heteroatoms. The van der Waals surface area contributed by atoms with Crippen LogP contribution in [0.5, 0.6) is 0 Å². The van der Waals surface area contributed by atoms with Gasteiger partial charge in [-0.25, -0.2) is 29.0 Å². The van der Waals surface area contributed by atoms with Gasteiger partial charge in [0, 0.05) is 38.1 Å². The minimum atomic E-state index is -4.24. The molecule has 3 aromatic heterocycles. The van der Waals surface area contributed by atoms with Crippen LogP contribution in [0.2, 0.25) is 5.15 Å². The van der Waals surface area contributed by atoms with Crippen LogP contribution in [-0.4, -0.2) is 32.9 Å². The van der Waals surface area contributed by atoms with Gasteiger partial charge in [-0.15, -0.1) is 0 Å². The van der Waals surface area contributed by atoms with E-state index < -0.39 is 16.1 Å². The van der Waals surface area contributed by atoms with Gasteiger partial charge >= 0.3 is 0 Å². The molecule has 0 fully saturated rings. The molecule has 11 nitrogen and oxygen atoms in total. The van der Waals surface area contributed by atoms with Crippen molar-refractivity contribution in [2.45, 2.75) is 38.0 Å². The standard InChI is InChI=1S/C29H26ClFN8O3S/c1-16-11-21(17(2)34-23-7-8-24(30)35-26(23)43(41,42)37-28-32-9-4-10-33-28)25-22(12-16)27(40)38(3)29(36-25)39-14-18-5-6-20(31)13-19(18)15-39/h4-13,17,34H,14-15H2,1-3H3,(H,32,33,37)/t17-/m1/s1. The van der Waals surface area contributed by atoms with Crippen molar-refractivity contribution in [1.82, 2.24) is 24.5 Å². The van der Waals surface area contributed by atoms with Crippen molar-refractivity contribution in [3.63, 3.8) is 0 Å². The molecule has 2 N–H and O–H groups in total. The van der Waals surface area contributed by atoms with Crippen LogP contribution < -0.4 is 20.5 Å². The van der Waals surface area contributed by atoms with Crippen LogP contribution >= 0.6 is 11.6 Å². The normalized spacial score (nSPS) is 13.7. The molecule has 220 valence electrons. The summed E-state index contributed by atoms with van der Waals surface area (Å²) in [6.45, 7) is 4.59. The molecule has 1 aliphatic heterocycles. The van der Waals surface area contributed by atoms with Crippen molar-refractivity contribution >= 4 is 50.1 Å². The summed E-state index contributed by atoms with van der Waals surface area (Å²) in [5, 5.41) is 3.28. The van der Waals surface area contributed by atoms with E-state index in [0.717, 1.165) is 16.7 Å². The Morgan fingerprint density at radius 2 is 1.77 bits per heavy atom. The molecule has 0 saturated carbocycles. The van der Waals surface area contributed by atoms with Crippen molar-refractivity contribution in [1.29, 1.82) is 0 Å². The van der Waals surface area contributed by atoms with Gasteiger partial charge in [0.2, 0.25) is 16.9 Å². The average molecular weight is 621 g/mol. The first-order valence-corrected chi connectivity index (χ1v) is 15.1. The largest absolute Gasteiger partial charge is 0.376 e. The molecule has 0 bridgehead atoms. The van der Waals surface area contributed by atoms with E-state index in [9.17, 15) is 17.6 Å². The highest BCUT2D eigenvalue weighted by atomic mass is 35.5. The van der Waals surface area contributed by atoms with Crippen LogP contribution in [0, 0.1) is 12.7 Å². The number of nitrogens with zero attached hydrogens (tertiary/aromatic N) is 6. The van der Waals surface area contributed by atoms with Crippen molar-refractivity contribution in [2.75, 3.05) is 14.9 Å². The number of fused-ring (bicyclic) bond motifs is 2. The van der Waals surface area contributed by atoms with Crippen molar-refractivity contribution in [3.8, 4) is 0 Å². The van der Waals surface area contributed by atoms with Crippen LogP contribution in [0.15, 0.2) is 70.7 Å². The summed E-state index contributed by atoms with van der Waals surface area (Å²) in [6.07, 6.45) is 2.82. The van der Waals surface area contributed by atoms with Crippen LogP contribution in [-0.2, 0) is 30.2 Å². The van der Waals surface area contributed by atoms with E-state index in [1.54, 1.807) is 25.2 Å². The molecule has 0 radical (unpaired) electrons. The number of sulfonamides is 1. The highest BCUT2D eigenvalue weighted by Crippen LogP contribution is 2.32. The summed E-state index contributed by atoms with van der Waals surface area (Å²) in [5.74, 6) is 0.00501. The molecule has 5 aromatic rings. The maximum atomic E-state index is 13.9. The summed E-state index contributed by atoms with van der Waals surface area (Å²) in [4.78, 5) is 32.4.